The van der Waals surface area contributed by atoms with Gasteiger partial charge in [-0.2, -0.15) is 0 Å². The van der Waals surface area contributed by atoms with Crippen LogP contribution >= 0.6 is 11.8 Å². The summed E-state index contributed by atoms with van der Waals surface area (Å²) in [6, 6.07) is 11.4. The monoisotopic (exact) mass is 314 g/mol. The molecule has 0 atom stereocenters. The number of hydrogen-bond acceptors (Lipinski definition) is 6. The summed E-state index contributed by atoms with van der Waals surface area (Å²) >= 11 is 1.39. The molecule has 2 heterocycles. The van der Waals surface area contributed by atoms with Crippen molar-refractivity contribution in [2.75, 3.05) is 0 Å². The Bertz CT molecular complexity index is 795. The molecule has 6 nitrogen and oxygen atoms in total. The van der Waals surface area contributed by atoms with Gasteiger partial charge < -0.3 is 18.9 Å². The van der Waals surface area contributed by atoms with E-state index in [1.165, 1.54) is 18.0 Å². The molecule has 0 bridgehead atoms. The molecule has 22 heavy (non-hydrogen) atoms. The molecule has 0 aliphatic carbocycles. The van der Waals surface area contributed by atoms with Crippen molar-refractivity contribution in [3.8, 4) is 11.4 Å². The van der Waals surface area contributed by atoms with E-state index in [1.54, 1.807) is 6.07 Å². The largest absolute Gasteiger partial charge is 0.542 e. The zero-order chi connectivity index (χ0) is 15.5. The van der Waals surface area contributed by atoms with Gasteiger partial charge in [-0.15, -0.1) is 10.2 Å². The maximum absolute atomic E-state index is 10.9. The summed E-state index contributed by atoms with van der Waals surface area (Å²) in [5.74, 6) is -0.280. The first kappa shape index (κ1) is 14.4. The maximum Gasteiger partial charge on any atom is 0.191 e. The van der Waals surface area contributed by atoms with Gasteiger partial charge in [0.2, 0.25) is 0 Å². The quantitative estimate of drug-likeness (QED) is 0.667. The topological polar surface area (TPSA) is 84.0 Å². The minimum atomic E-state index is -1.32. The van der Waals surface area contributed by atoms with Crippen molar-refractivity contribution in [1.82, 2.24) is 14.8 Å². The second-order valence-corrected chi connectivity index (χ2v) is 5.52. The Kier molecular flexibility index (Phi) is 3.97. The smallest absolute Gasteiger partial charge is 0.191 e. The lowest BCUT2D eigenvalue weighted by atomic mass is 10.2. The van der Waals surface area contributed by atoms with Crippen LogP contribution in [-0.4, -0.2) is 20.7 Å². The van der Waals surface area contributed by atoms with Gasteiger partial charge in [-0.05, 0) is 6.07 Å². The first-order valence-corrected chi connectivity index (χ1v) is 7.50. The molecular formula is C15H12N3O3S-. The molecule has 0 N–H and O–H groups in total. The van der Waals surface area contributed by atoms with Gasteiger partial charge in [-0.3, -0.25) is 0 Å². The third kappa shape index (κ3) is 2.75. The van der Waals surface area contributed by atoms with E-state index in [1.807, 2.05) is 41.9 Å². The first-order valence-electron chi connectivity index (χ1n) is 6.52. The van der Waals surface area contributed by atoms with Gasteiger partial charge in [0.1, 0.15) is 5.97 Å². The van der Waals surface area contributed by atoms with Crippen LogP contribution in [-0.2, 0) is 12.8 Å². The number of carboxylic acid groups (broad SMARTS) is 1. The number of rotatable bonds is 5. The SMILES string of the molecule is Cn1c(SCc2ccoc2C(=O)[O-])nnc1-c1ccccc1. The molecule has 0 radical (unpaired) electrons. The minimum absolute atomic E-state index is 0.141. The predicted octanol–water partition coefficient (Wildman–Crippen LogP) is 1.73. The van der Waals surface area contributed by atoms with Gasteiger partial charge in [-0.25, -0.2) is 0 Å². The predicted molar refractivity (Wildman–Crippen MR) is 79.0 cm³/mol. The number of furan rings is 1. The zero-order valence-corrected chi connectivity index (χ0v) is 12.5. The van der Waals surface area contributed by atoms with Gasteiger partial charge in [0.05, 0.1) is 6.26 Å². The summed E-state index contributed by atoms with van der Waals surface area (Å²) in [5.41, 5.74) is 1.54. The number of benzene rings is 1. The van der Waals surface area contributed by atoms with E-state index in [0.717, 1.165) is 11.4 Å². The van der Waals surface area contributed by atoms with Crippen molar-refractivity contribution in [3.63, 3.8) is 0 Å². The molecule has 3 aromatic rings. The third-order valence-corrected chi connectivity index (χ3v) is 4.22. The molecule has 0 spiro atoms. The van der Waals surface area contributed by atoms with Gasteiger partial charge in [-0.1, -0.05) is 42.1 Å². The lowest BCUT2D eigenvalue weighted by Gasteiger charge is -2.04. The van der Waals surface area contributed by atoms with E-state index in [2.05, 4.69) is 10.2 Å². The zero-order valence-electron chi connectivity index (χ0n) is 11.7. The van der Waals surface area contributed by atoms with Crippen LogP contribution < -0.4 is 5.11 Å². The molecular weight excluding hydrogens is 302 g/mol. The van der Waals surface area contributed by atoms with Crippen molar-refractivity contribution >= 4 is 17.7 Å². The van der Waals surface area contributed by atoms with E-state index in [0.29, 0.717) is 16.5 Å². The molecule has 0 aliphatic heterocycles. The van der Waals surface area contributed by atoms with Crippen molar-refractivity contribution in [3.05, 3.63) is 54.0 Å². The highest BCUT2D eigenvalue weighted by Gasteiger charge is 2.13. The van der Waals surface area contributed by atoms with Crippen molar-refractivity contribution in [1.29, 1.82) is 0 Å². The molecule has 0 fully saturated rings. The number of nitrogens with zero attached hydrogens (tertiary/aromatic N) is 3. The Hall–Kier alpha value is -2.54. The molecule has 112 valence electrons. The van der Waals surface area contributed by atoms with Gasteiger partial charge in [0, 0.05) is 23.9 Å². The van der Waals surface area contributed by atoms with Crippen LogP contribution in [0.25, 0.3) is 11.4 Å². The number of carbonyl (C=O) groups excluding carboxylic acids is 1. The highest BCUT2D eigenvalue weighted by Crippen LogP contribution is 2.26. The minimum Gasteiger partial charge on any atom is -0.542 e. The van der Waals surface area contributed by atoms with Crippen LogP contribution in [0.4, 0.5) is 0 Å². The molecule has 2 aromatic heterocycles. The van der Waals surface area contributed by atoms with Gasteiger partial charge in [0.15, 0.2) is 16.7 Å². The fraction of sp³-hybridized carbons (Fsp3) is 0.133. The van der Waals surface area contributed by atoms with Crippen LogP contribution in [0.5, 0.6) is 0 Å². The highest BCUT2D eigenvalue weighted by molar-refractivity contribution is 7.98. The Balaban J connectivity index is 1.78. The first-order chi connectivity index (χ1) is 10.7. The molecule has 1 aromatic carbocycles. The molecule has 0 unspecified atom stereocenters. The summed E-state index contributed by atoms with van der Waals surface area (Å²) in [7, 11) is 1.87. The summed E-state index contributed by atoms with van der Waals surface area (Å²) in [5, 5.41) is 19.9. The normalized spacial score (nSPS) is 10.8. The number of thioether (sulfide) groups is 1. The lowest BCUT2D eigenvalue weighted by Crippen LogP contribution is -2.22. The van der Waals surface area contributed by atoms with Crippen LogP contribution in [0, 0.1) is 0 Å². The fourth-order valence-corrected chi connectivity index (χ4v) is 2.94. The van der Waals surface area contributed by atoms with E-state index < -0.39 is 5.97 Å². The maximum atomic E-state index is 10.9. The second kappa shape index (κ2) is 6.07. The molecule has 7 heteroatoms. The van der Waals surface area contributed by atoms with Crippen molar-refractivity contribution in [2.45, 2.75) is 10.9 Å². The summed E-state index contributed by atoms with van der Waals surface area (Å²) < 4.78 is 6.77. The summed E-state index contributed by atoms with van der Waals surface area (Å²) in [4.78, 5) is 10.9. The van der Waals surface area contributed by atoms with Crippen LogP contribution in [0.3, 0.4) is 0 Å². The summed E-state index contributed by atoms with van der Waals surface area (Å²) in [6.45, 7) is 0. The van der Waals surface area contributed by atoms with Crippen molar-refractivity contribution in [2.24, 2.45) is 7.05 Å². The van der Waals surface area contributed by atoms with E-state index >= 15 is 0 Å². The lowest BCUT2D eigenvalue weighted by molar-refractivity contribution is -0.257. The third-order valence-electron chi connectivity index (χ3n) is 3.16. The molecule has 0 saturated carbocycles. The van der Waals surface area contributed by atoms with Crippen LogP contribution in [0.2, 0.25) is 0 Å². The van der Waals surface area contributed by atoms with Crippen molar-refractivity contribution < 1.29 is 14.3 Å². The van der Waals surface area contributed by atoms with Gasteiger partial charge in [0.25, 0.3) is 0 Å². The Morgan fingerprint density at radius 1 is 1.27 bits per heavy atom. The van der Waals surface area contributed by atoms with Crippen LogP contribution in [0.1, 0.15) is 16.1 Å². The number of carboxylic acids is 1. The highest BCUT2D eigenvalue weighted by atomic mass is 32.2. The Labute approximate surface area is 130 Å². The van der Waals surface area contributed by atoms with E-state index in [-0.39, 0.29) is 5.76 Å². The number of aromatic nitrogens is 3. The number of aromatic carboxylic acids is 1. The standard InChI is InChI=1S/C15H13N3O3S/c1-18-13(10-5-3-2-4-6-10)16-17-15(18)22-9-11-7-8-21-12(11)14(19)20/h2-8H,9H2,1H3,(H,19,20)/p-1. The molecule has 3 rings (SSSR count). The van der Waals surface area contributed by atoms with Gasteiger partial charge >= 0.3 is 0 Å². The Morgan fingerprint density at radius 2 is 2.05 bits per heavy atom. The number of hydrogen-bond donors (Lipinski definition) is 0. The molecule has 0 aliphatic rings. The van der Waals surface area contributed by atoms with E-state index in [9.17, 15) is 9.90 Å². The average Bonchev–Trinajstić information content (AvgIpc) is 3.13. The van der Waals surface area contributed by atoms with E-state index in [4.69, 9.17) is 4.42 Å². The van der Waals surface area contributed by atoms with Crippen LogP contribution in [0.15, 0.2) is 52.2 Å². The Morgan fingerprint density at radius 3 is 2.77 bits per heavy atom. The number of carbonyl (C=O) groups is 1. The fourth-order valence-electron chi connectivity index (χ4n) is 2.05. The molecule has 0 saturated heterocycles. The molecule has 0 amide bonds. The second-order valence-electron chi connectivity index (χ2n) is 4.58. The summed E-state index contributed by atoms with van der Waals surface area (Å²) in [6.07, 6.45) is 1.34. The average molecular weight is 314 g/mol.